The molecule has 0 spiro atoms. The smallest absolute Gasteiger partial charge is 0.243 e. The monoisotopic (exact) mass is 436 g/mol. The van der Waals surface area contributed by atoms with Crippen LogP contribution < -0.4 is 14.8 Å². The van der Waals surface area contributed by atoms with Gasteiger partial charge >= 0.3 is 0 Å². The second-order valence-electron chi connectivity index (χ2n) is 7.14. The Morgan fingerprint density at radius 2 is 1.73 bits per heavy atom. The molecule has 1 saturated heterocycles. The summed E-state index contributed by atoms with van der Waals surface area (Å²) in [7, 11) is -0.788. The maximum absolute atomic E-state index is 13.2. The fourth-order valence-corrected chi connectivity index (χ4v) is 4.97. The van der Waals surface area contributed by atoms with E-state index in [4.69, 9.17) is 9.47 Å². The lowest BCUT2D eigenvalue weighted by Crippen LogP contribution is -2.41. The molecule has 7 nitrogen and oxygen atoms in total. The number of carbonyl (C=O) groups is 1. The number of carbonyl (C=O) groups excluding carboxylic acids is 1. The van der Waals surface area contributed by atoms with Gasteiger partial charge in [0.25, 0.3) is 0 Å². The Morgan fingerprint density at radius 1 is 1.07 bits per heavy atom. The highest BCUT2D eigenvalue weighted by Crippen LogP contribution is 2.32. The van der Waals surface area contributed by atoms with Crippen molar-refractivity contribution < 1.29 is 27.1 Å². The highest BCUT2D eigenvalue weighted by atomic mass is 32.2. The van der Waals surface area contributed by atoms with Gasteiger partial charge in [-0.25, -0.2) is 12.8 Å². The molecule has 2 aromatic carbocycles. The van der Waals surface area contributed by atoms with Crippen LogP contribution in [0.25, 0.3) is 0 Å². The van der Waals surface area contributed by atoms with Crippen LogP contribution in [0.4, 0.5) is 10.1 Å². The van der Waals surface area contributed by atoms with Crippen LogP contribution in [0.2, 0.25) is 0 Å². The molecule has 1 fully saturated rings. The molecule has 0 saturated carbocycles. The van der Waals surface area contributed by atoms with Gasteiger partial charge in [-0.1, -0.05) is 0 Å². The van der Waals surface area contributed by atoms with Gasteiger partial charge in [0.1, 0.15) is 5.82 Å². The van der Waals surface area contributed by atoms with Crippen molar-refractivity contribution in [3.05, 3.63) is 47.8 Å². The van der Waals surface area contributed by atoms with E-state index in [2.05, 4.69) is 5.32 Å². The fraction of sp³-hybridized carbons (Fsp3) is 0.381. The molecule has 9 heteroatoms. The number of hydrogen-bond donors (Lipinski definition) is 1. The maximum Gasteiger partial charge on any atom is 0.243 e. The van der Waals surface area contributed by atoms with E-state index in [0.717, 1.165) is 0 Å². The van der Waals surface area contributed by atoms with E-state index in [1.165, 1.54) is 48.9 Å². The second-order valence-corrected chi connectivity index (χ2v) is 9.08. The molecule has 3 rings (SSSR count). The summed E-state index contributed by atoms with van der Waals surface area (Å²) in [5, 5.41) is 2.82. The Bertz CT molecular complexity index is 1030. The average Bonchev–Trinajstić information content (AvgIpc) is 2.75. The Hall–Kier alpha value is -2.65. The van der Waals surface area contributed by atoms with Crippen LogP contribution in [-0.2, 0) is 14.8 Å². The number of methoxy groups -OCH3 is 2. The van der Waals surface area contributed by atoms with Crippen molar-refractivity contribution in [1.82, 2.24) is 4.31 Å². The third kappa shape index (κ3) is 4.57. The molecule has 1 aliphatic rings. The van der Waals surface area contributed by atoms with Gasteiger partial charge in [0.15, 0.2) is 11.5 Å². The van der Waals surface area contributed by atoms with Gasteiger partial charge in [-0.15, -0.1) is 0 Å². The summed E-state index contributed by atoms with van der Waals surface area (Å²) in [5.74, 6) is -0.0798. The molecule has 0 atom stereocenters. The minimum Gasteiger partial charge on any atom is -0.493 e. The summed E-state index contributed by atoms with van der Waals surface area (Å²) >= 11 is 0. The number of sulfonamides is 1. The number of hydrogen-bond acceptors (Lipinski definition) is 5. The summed E-state index contributed by atoms with van der Waals surface area (Å²) in [5.41, 5.74) is 1.19. The zero-order chi connectivity index (χ0) is 21.9. The van der Waals surface area contributed by atoms with Gasteiger partial charge in [0.05, 0.1) is 19.1 Å². The van der Waals surface area contributed by atoms with Crippen LogP contribution in [0.3, 0.4) is 0 Å². The molecule has 0 unspecified atom stereocenters. The van der Waals surface area contributed by atoms with E-state index < -0.39 is 10.0 Å². The van der Waals surface area contributed by atoms with E-state index in [1.807, 2.05) is 0 Å². The lowest BCUT2D eigenvalue weighted by atomic mass is 9.97. The zero-order valence-corrected chi connectivity index (χ0v) is 18.0. The number of rotatable bonds is 6. The summed E-state index contributed by atoms with van der Waals surface area (Å²) in [6, 6.07) is 8.64. The molecule has 0 bridgehead atoms. The van der Waals surface area contributed by atoms with Gasteiger partial charge < -0.3 is 14.8 Å². The lowest BCUT2D eigenvalue weighted by molar-refractivity contribution is -0.120. The molecule has 30 heavy (non-hydrogen) atoms. The normalized spacial score (nSPS) is 15.6. The largest absolute Gasteiger partial charge is 0.493 e. The average molecular weight is 437 g/mol. The Kier molecular flexibility index (Phi) is 6.62. The number of piperidine rings is 1. The molecule has 1 heterocycles. The van der Waals surface area contributed by atoms with Crippen LogP contribution in [0, 0.1) is 18.7 Å². The number of ether oxygens (including phenoxy) is 2. The van der Waals surface area contributed by atoms with Crippen molar-refractivity contribution >= 4 is 21.6 Å². The van der Waals surface area contributed by atoms with E-state index in [9.17, 15) is 17.6 Å². The Morgan fingerprint density at radius 3 is 2.33 bits per heavy atom. The third-order valence-corrected chi connectivity index (χ3v) is 7.16. The minimum absolute atomic E-state index is 0.116. The molecule has 1 aliphatic heterocycles. The van der Waals surface area contributed by atoms with E-state index in [1.54, 1.807) is 13.0 Å². The first-order valence-electron chi connectivity index (χ1n) is 9.55. The van der Waals surface area contributed by atoms with E-state index in [0.29, 0.717) is 35.6 Å². The molecule has 162 valence electrons. The van der Waals surface area contributed by atoms with Crippen molar-refractivity contribution in [1.29, 1.82) is 0 Å². The van der Waals surface area contributed by atoms with Crippen molar-refractivity contribution in [3.8, 4) is 11.5 Å². The van der Waals surface area contributed by atoms with Crippen molar-refractivity contribution in [2.45, 2.75) is 24.7 Å². The van der Waals surface area contributed by atoms with Crippen molar-refractivity contribution in [2.75, 3.05) is 32.6 Å². The topological polar surface area (TPSA) is 84.9 Å². The number of nitrogens with zero attached hydrogens (tertiary/aromatic N) is 1. The highest BCUT2D eigenvalue weighted by molar-refractivity contribution is 7.89. The molecule has 2 aromatic rings. The highest BCUT2D eigenvalue weighted by Gasteiger charge is 2.32. The summed E-state index contributed by atoms with van der Waals surface area (Å²) < 4.78 is 50.9. The third-order valence-electron chi connectivity index (χ3n) is 5.26. The number of halogens is 1. The van der Waals surface area contributed by atoms with Crippen molar-refractivity contribution in [3.63, 3.8) is 0 Å². The molecular weight excluding hydrogens is 411 g/mol. The summed E-state index contributed by atoms with van der Waals surface area (Å²) in [4.78, 5) is 12.7. The van der Waals surface area contributed by atoms with Gasteiger partial charge in [-0.3, -0.25) is 4.79 Å². The van der Waals surface area contributed by atoms with Crippen LogP contribution in [0.1, 0.15) is 18.4 Å². The molecule has 0 aliphatic carbocycles. The molecule has 0 radical (unpaired) electrons. The second kappa shape index (κ2) is 9.01. The number of amides is 1. The van der Waals surface area contributed by atoms with Crippen LogP contribution in [-0.4, -0.2) is 45.9 Å². The lowest BCUT2D eigenvalue weighted by Gasteiger charge is -2.30. The first-order valence-corrected chi connectivity index (χ1v) is 11.0. The summed E-state index contributed by atoms with van der Waals surface area (Å²) in [6.45, 7) is 2.19. The van der Waals surface area contributed by atoms with Gasteiger partial charge in [0.2, 0.25) is 15.9 Å². The first kappa shape index (κ1) is 22.0. The zero-order valence-electron chi connectivity index (χ0n) is 17.1. The quantitative estimate of drug-likeness (QED) is 0.752. The molecule has 1 N–H and O–H groups in total. The van der Waals surface area contributed by atoms with E-state index >= 15 is 0 Å². The predicted molar refractivity (Wildman–Crippen MR) is 111 cm³/mol. The van der Waals surface area contributed by atoms with E-state index in [-0.39, 0.29) is 35.6 Å². The van der Waals surface area contributed by atoms with Crippen LogP contribution in [0.15, 0.2) is 41.3 Å². The first-order chi connectivity index (χ1) is 14.3. The number of anilines is 1. The minimum atomic E-state index is -3.71. The molecular formula is C21H25FN2O5S. The van der Waals surface area contributed by atoms with Gasteiger partial charge in [0, 0.05) is 30.8 Å². The standard InChI is InChI=1S/C21H25FN2O5S/c1-14-12-16(22)4-6-18(14)23-21(25)15-8-10-24(11-9-15)30(26,27)17-5-7-19(28-2)20(13-17)29-3/h4-7,12-13,15H,8-11H2,1-3H3,(H,23,25). The fourth-order valence-electron chi connectivity index (χ4n) is 3.49. The number of benzene rings is 2. The van der Waals surface area contributed by atoms with Gasteiger partial charge in [-0.2, -0.15) is 4.31 Å². The Labute approximate surface area is 175 Å². The maximum atomic E-state index is 13.2. The van der Waals surface area contributed by atoms with Gasteiger partial charge in [-0.05, 0) is 55.7 Å². The van der Waals surface area contributed by atoms with Crippen molar-refractivity contribution in [2.24, 2.45) is 5.92 Å². The Balaban J connectivity index is 1.66. The number of nitrogens with one attached hydrogen (secondary N) is 1. The molecule has 1 amide bonds. The van der Waals surface area contributed by atoms with Crippen LogP contribution >= 0.6 is 0 Å². The molecule has 0 aromatic heterocycles. The predicted octanol–water partition coefficient (Wildman–Crippen LogP) is 3.19. The van der Waals surface area contributed by atoms with Crippen LogP contribution in [0.5, 0.6) is 11.5 Å². The SMILES string of the molecule is COc1ccc(S(=O)(=O)N2CCC(C(=O)Nc3ccc(F)cc3C)CC2)cc1OC. The number of aryl methyl sites for hydroxylation is 1. The summed E-state index contributed by atoms with van der Waals surface area (Å²) in [6.07, 6.45) is 0.803.